The zero-order valence-electron chi connectivity index (χ0n) is 14.6. The molecule has 0 aliphatic carbocycles. The van der Waals surface area contributed by atoms with Crippen molar-refractivity contribution in [2.75, 3.05) is 0 Å². The van der Waals surface area contributed by atoms with Gasteiger partial charge in [0.25, 0.3) is 10.0 Å². The first kappa shape index (κ1) is 18.0. The number of hydrogen-bond donors (Lipinski definition) is 0. The van der Waals surface area contributed by atoms with Crippen LogP contribution in [-0.2, 0) is 16.5 Å². The van der Waals surface area contributed by atoms with Crippen LogP contribution in [0.25, 0.3) is 0 Å². The van der Waals surface area contributed by atoms with Crippen LogP contribution in [0.3, 0.4) is 0 Å². The minimum Gasteiger partial charge on any atom is -0.420 e. The Morgan fingerprint density at radius 3 is 1.38 bits per heavy atom. The van der Waals surface area contributed by atoms with Crippen LogP contribution in [0.1, 0.15) is 0 Å². The van der Waals surface area contributed by atoms with Gasteiger partial charge >= 0.3 is 25.7 Å². The van der Waals surface area contributed by atoms with Crippen molar-refractivity contribution in [3.05, 3.63) is 60.7 Å². The van der Waals surface area contributed by atoms with Gasteiger partial charge in [-0.2, -0.15) is 0 Å². The predicted octanol–water partition coefficient (Wildman–Crippen LogP) is 1.73. The summed E-state index contributed by atoms with van der Waals surface area (Å²) in [6.07, 6.45) is 0. The van der Waals surface area contributed by atoms with Crippen molar-refractivity contribution in [2.24, 2.45) is 0 Å². The van der Waals surface area contributed by atoms with Gasteiger partial charge in [0.2, 0.25) is 0 Å². The van der Waals surface area contributed by atoms with Gasteiger partial charge in [-0.15, -0.1) is 0 Å². The van der Waals surface area contributed by atoms with Crippen LogP contribution in [0.2, 0.25) is 26.2 Å². The Kier molecular flexibility index (Phi) is 5.09. The predicted molar refractivity (Wildman–Crippen MR) is 106 cm³/mol. The normalized spacial score (nSPS) is 22.3. The summed E-state index contributed by atoms with van der Waals surface area (Å²) in [4.78, 5) is 0. The average Bonchev–Trinajstić information content (AvgIpc) is 2.54. The van der Waals surface area contributed by atoms with Gasteiger partial charge in [-0.3, -0.25) is 0 Å². The van der Waals surface area contributed by atoms with Crippen LogP contribution in [0.5, 0.6) is 0 Å². The fourth-order valence-electron chi connectivity index (χ4n) is 2.80. The van der Waals surface area contributed by atoms with Gasteiger partial charge in [-0.05, 0) is 36.6 Å². The average molecular weight is 393 g/mol. The van der Waals surface area contributed by atoms with Crippen LogP contribution in [0.4, 0.5) is 0 Å². The summed E-state index contributed by atoms with van der Waals surface area (Å²) in [6, 6.07) is 20.6. The molecule has 4 nitrogen and oxygen atoms in total. The molecular weight excluding hydrogens is 369 g/mol. The molecule has 0 bridgehead atoms. The Labute approximate surface area is 149 Å². The lowest BCUT2D eigenvalue weighted by Crippen LogP contribution is -2.72. The van der Waals surface area contributed by atoms with Gasteiger partial charge in [-0.1, -0.05) is 60.7 Å². The minimum atomic E-state index is -2.89. The van der Waals surface area contributed by atoms with Gasteiger partial charge < -0.3 is 16.5 Å². The molecule has 1 aliphatic heterocycles. The molecule has 1 saturated heterocycles. The molecule has 0 atom stereocenters. The second-order valence-corrected chi connectivity index (χ2v) is 18.9. The highest BCUT2D eigenvalue weighted by Gasteiger charge is 2.53. The van der Waals surface area contributed by atoms with E-state index in [1.165, 1.54) is 0 Å². The van der Waals surface area contributed by atoms with E-state index in [9.17, 15) is 0 Å². The third kappa shape index (κ3) is 3.86. The molecule has 2 aromatic carbocycles. The molecule has 2 aromatic rings. The maximum absolute atomic E-state index is 6.80. The molecule has 0 radical (unpaired) electrons. The lowest BCUT2D eigenvalue weighted by Gasteiger charge is -2.44. The van der Waals surface area contributed by atoms with Gasteiger partial charge in [0, 0.05) is 0 Å². The first-order valence-corrected chi connectivity index (χ1v) is 16.7. The number of rotatable bonds is 2. The van der Waals surface area contributed by atoms with Crippen molar-refractivity contribution in [3.8, 4) is 0 Å². The Balaban J connectivity index is 2.20. The Bertz CT molecular complexity index is 619. The highest BCUT2D eigenvalue weighted by Crippen LogP contribution is 2.24. The molecule has 0 spiro atoms. The summed E-state index contributed by atoms with van der Waals surface area (Å²) < 4.78 is 25.8. The molecule has 3 rings (SSSR count). The van der Waals surface area contributed by atoms with E-state index in [1.807, 2.05) is 36.4 Å². The van der Waals surface area contributed by atoms with E-state index in [4.69, 9.17) is 16.5 Å². The SMILES string of the molecule is C[Si]1(C)O[SiH2]O[Si](C)(C)O[Si](c2ccccc2)(c2ccccc2)O1. The molecule has 0 aromatic heterocycles. The maximum Gasteiger partial charge on any atom is 0.389 e. The summed E-state index contributed by atoms with van der Waals surface area (Å²) in [7, 11) is -8.64. The van der Waals surface area contributed by atoms with E-state index >= 15 is 0 Å². The van der Waals surface area contributed by atoms with E-state index in [0.717, 1.165) is 10.4 Å². The molecule has 24 heavy (non-hydrogen) atoms. The Morgan fingerprint density at radius 2 is 1.00 bits per heavy atom. The van der Waals surface area contributed by atoms with Crippen LogP contribution >= 0.6 is 0 Å². The molecule has 0 N–H and O–H groups in total. The van der Waals surface area contributed by atoms with Crippen molar-refractivity contribution in [1.29, 1.82) is 0 Å². The van der Waals surface area contributed by atoms with Crippen molar-refractivity contribution < 1.29 is 16.5 Å². The second-order valence-electron chi connectivity index (χ2n) is 6.76. The first-order chi connectivity index (χ1) is 11.3. The van der Waals surface area contributed by atoms with Gasteiger partial charge in [0.1, 0.15) is 0 Å². The maximum atomic E-state index is 6.80. The van der Waals surface area contributed by atoms with Crippen molar-refractivity contribution >= 4 is 46.1 Å². The van der Waals surface area contributed by atoms with Crippen LogP contribution in [0.15, 0.2) is 60.7 Å². The van der Waals surface area contributed by atoms with E-state index in [-0.39, 0.29) is 0 Å². The van der Waals surface area contributed by atoms with E-state index in [1.54, 1.807) is 0 Å². The van der Waals surface area contributed by atoms with E-state index in [2.05, 4.69) is 50.5 Å². The summed E-state index contributed by atoms with van der Waals surface area (Å²) in [6.45, 7) is 8.33. The first-order valence-electron chi connectivity index (χ1n) is 8.12. The standard InChI is InChI=1S/C16H24O4Si4/c1-22(2)17-21-18-23(3,4)20-24(19-22,15-11-7-5-8-12-15)16-13-9-6-10-14-16/h5-14H,21H2,1-4H3. The molecule has 128 valence electrons. The van der Waals surface area contributed by atoms with E-state index < -0.39 is 35.7 Å². The second kappa shape index (κ2) is 6.81. The van der Waals surface area contributed by atoms with Gasteiger partial charge in [0.05, 0.1) is 0 Å². The highest BCUT2D eigenvalue weighted by atomic mass is 28.5. The van der Waals surface area contributed by atoms with Gasteiger partial charge in [-0.25, -0.2) is 0 Å². The molecule has 0 unspecified atom stereocenters. The summed E-state index contributed by atoms with van der Waals surface area (Å²) in [5.74, 6) is 0. The van der Waals surface area contributed by atoms with Crippen LogP contribution < -0.4 is 10.4 Å². The fourth-order valence-corrected chi connectivity index (χ4v) is 16.9. The largest absolute Gasteiger partial charge is 0.420 e. The third-order valence-corrected chi connectivity index (χ3v) is 18.8. The molecule has 1 aliphatic rings. The molecule has 1 fully saturated rings. The van der Waals surface area contributed by atoms with Crippen LogP contribution in [-0.4, -0.2) is 35.7 Å². The Morgan fingerprint density at radius 1 is 0.625 bits per heavy atom. The monoisotopic (exact) mass is 392 g/mol. The number of hydrogen-bond acceptors (Lipinski definition) is 4. The minimum absolute atomic E-state index is 1.07. The lowest BCUT2D eigenvalue weighted by atomic mass is 10.4. The molecule has 0 saturated carbocycles. The van der Waals surface area contributed by atoms with Crippen LogP contribution in [0, 0.1) is 0 Å². The van der Waals surface area contributed by atoms with Crippen molar-refractivity contribution in [2.45, 2.75) is 26.2 Å². The van der Waals surface area contributed by atoms with Crippen molar-refractivity contribution in [3.63, 3.8) is 0 Å². The summed E-state index contributed by atoms with van der Waals surface area (Å²) in [5.41, 5.74) is 0. The zero-order valence-corrected chi connectivity index (χ0v) is 19.0. The zero-order chi connectivity index (χ0) is 17.3. The molecular formula is C16H24O4Si4. The molecule has 8 heteroatoms. The van der Waals surface area contributed by atoms with Crippen molar-refractivity contribution in [1.82, 2.24) is 0 Å². The number of benzene rings is 2. The smallest absolute Gasteiger partial charge is 0.389 e. The topological polar surface area (TPSA) is 36.9 Å². The molecule has 0 amide bonds. The highest BCUT2D eigenvalue weighted by molar-refractivity contribution is 7.02. The Hall–Kier alpha value is -0.852. The third-order valence-electron chi connectivity index (χ3n) is 3.90. The summed E-state index contributed by atoms with van der Waals surface area (Å²) >= 11 is 0. The summed E-state index contributed by atoms with van der Waals surface area (Å²) in [5, 5.41) is 2.21. The molecule has 1 heterocycles. The fraction of sp³-hybridized carbons (Fsp3) is 0.250. The quantitative estimate of drug-likeness (QED) is 0.730. The van der Waals surface area contributed by atoms with E-state index in [0.29, 0.717) is 0 Å². The lowest BCUT2D eigenvalue weighted by molar-refractivity contribution is 0.270. The van der Waals surface area contributed by atoms with Gasteiger partial charge in [0.15, 0.2) is 0 Å².